The highest BCUT2D eigenvalue weighted by atomic mass is 79.9. The van der Waals surface area contributed by atoms with Crippen molar-refractivity contribution >= 4 is 21.8 Å². The third-order valence-electron chi connectivity index (χ3n) is 3.84. The molecule has 1 atom stereocenters. The number of nitrogens with one attached hydrogen (secondary N) is 1. The van der Waals surface area contributed by atoms with Gasteiger partial charge in [0.15, 0.2) is 0 Å². The SMILES string of the molecule is CCC(C)CC(=O)NCC1(CBr)CCCC1. The van der Waals surface area contributed by atoms with Crippen LogP contribution in [0.5, 0.6) is 0 Å². The summed E-state index contributed by atoms with van der Waals surface area (Å²) in [6.45, 7) is 5.12. The lowest BCUT2D eigenvalue weighted by Crippen LogP contribution is -2.37. The van der Waals surface area contributed by atoms with Crippen LogP contribution in [0.1, 0.15) is 52.4 Å². The molecule has 1 saturated carbocycles. The second kappa shape index (κ2) is 6.63. The molecule has 0 aromatic carbocycles. The first kappa shape index (κ1) is 14.0. The van der Waals surface area contributed by atoms with Gasteiger partial charge in [0.1, 0.15) is 0 Å². The fourth-order valence-corrected chi connectivity index (χ4v) is 3.06. The zero-order chi connectivity index (χ0) is 12.0. The summed E-state index contributed by atoms with van der Waals surface area (Å²) in [5, 5.41) is 4.13. The van der Waals surface area contributed by atoms with Crippen LogP contribution in [-0.4, -0.2) is 17.8 Å². The van der Waals surface area contributed by atoms with E-state index in [0.717, 1.165) is 18.3 Å². The fourth-order valence-electron chi connectivity index (χ4n) is 2.30. The summed E-state index contributed by atoms with van der Waals surface area (Å²) in [5.74, 6) is 0.727. The second-order valence-corrected chi connectivity index (χ2v) is 5.90. The summed E-state index contributed by atoms with van der Waals surface area (Å²) in [6, 6.07) is 0. The minimum atomic E-state index is 0.224. The molecule has 2 nitrogen and oxygen atoms in total. The summed E-state index contributed by atoms with van der Waals surface area (Å²) in [4.78, 5) is 11.7. The van der Waals surface area contributed by atoms with E-state index in [1.807, 2.05) is 0 Å². The maximum atomic E-state index is 11.7. The lowest BCUT2D eigenvalue weighted by molar-refractivity contribution is -0.122. The Kier molecular flexibility index (Phi) is 5.81. The van der Waals surface area contributed by atoms with Gasteiger partial charge in [-0.25, -0.2) is 0 Å². The summed E-state index contributed by atoms with van der Waals surface area (Å²) in [7, 11) is 0. The van der Waals surface area contributed by atoms with Crippen LogP contribution in [0.25, 0.3) is 0 Å². The molecule has 0 aliphatic heterocycles. The van der Waals surface area contributed by atoms with Gasteiger partial charge >= 0.3 is 0 Å². The molecule has 16 heavy (non-hydrogen) atoms. The van der Waals surface area contributed by atoms with Gasteiger partial charge in [0.05, 0.1) is 0 Å². The molecule has 0 radical (unpaired) electrons. The van der Waals surface area contributed by atoms with Crippen molar-refractivity contribution in [1.82, 2.24) is 5.32 Å². The van der Waals surface area contributed by atoms with Gasteiger partial charge in [-0.2, -0.15) is 0 Å². The molecular formula is C13H24BrNO. The Morgan fingerprint density at radius 1 is 1.44 bits per heavy atom. The highest BCUT2D eigenvalue weighted by Crippen LogP contribution is 2.38. The Morgan fingerprint density at radius 3 is 2.56 bits per heavy atom. The Balaban J connectivity index is 2.29. The van der Waals surface area contributed by atoms with Crippen LogP contribution in [0.15, 0.2) is 0 Å². The van der Waals surface area contributed by atoms with Crippen LogP contribution in [0.3, 0.4) is 0 Å². The molecule has 0 aromatic heterocycles. The standard InChI is InChI=1S/C13H24BrNO/c1-3-11(2)8-12(16)15-10-13(9-14)6-4-5-7-13/h11H,3-10H2,1-2H3,(H,15,16). The zero-order valence-electron chi connectivity index (χ0n) is 10.5. The van der Waals surface area contributed by atoms with Gasteiger partial charge in [-0.1, -0.05) is 49.0 Å². The van der Waals surface area contributed by atoms with Gasteiger partial charge in [0.2, 0.25) is 5.91 Å². The molecule has 1 fully saturated rings. The van der Waals surface area contributed by atoms with Crippen molar-refractivity contribution in [2.45, 2.75) is 52.4 Å². The van der Waals surface area contributed by atoms with Crippen molar-refractivity contribution in [2.75, 3.05) is 11.9 Å². The van der Waals surface area contributed by atoms with Gasteiger partial charge in [-0.15, -0.1) is 0 Å². The van der Waals surface area contributed by atoms with Crippen LogP contribution in [0.4, 0.5) is 0 Å². The van der Waals surface area contributed by atoms with Crippen LogP contribution >= 0.6 is 15.9 Å². The van der Waals surface area contributed by atoms with E-state index in [1.54, 1.807) is 0 Å². The quantitative estimate of drug-likeness (QED) is 0.745. The van der Waals surface area contributed by atoms with Crippen LogP contribution in [0.2, 0.25) is 0 Å². The van der Waals surface area contributed by atoms with Crippen molar-refractivity contribution in [1.29, 1.82) is 0 Å². The molecule has 1 rings (SSSR count). The van der Waals surface area contributed by atoms with Crippen LogP contribution in [-0.2, 0) is 4.79 Å². The predicted molar refractivity (Wildman–Crippen MR) is 71.8 cm³/mol. The van der Waals surface area contributed by atoms with E-state index in [9.17, 15) is 4.79 Å². The Morgan fingerprint density at radius 2 is 2.06 bits per heavy atom. The van der Waals surface area contributed by atoms with Crippen LogP contribution < -0.4 is 5.32 Å². The minimum Gasteiger partial charge on any atom is -0.356 e. The normalized spacial score (nSPS) is 20.7. The molecule has 94 valence electrons. The van der Waals surface area contributed by atoms with Crippen molar-refractivity contribution < 1.29 is 4.79 Å². The highest BCUT2D eigenvalue weighted by Gasteiger charge is 2.32. The first-order chi connectivity index (χ1) is 7.62. The van der Waals surface area contributed by atoms with Crippen molar-refractivity contribution in [3.05, 3.63) is 0 Å². The third kappa shape index (κ3) is 4.08. The van der Waals surface area contributed by atoms with E-state index in [1.165, 1.54) is 25.7 Å². The average Bonchev–Trinajstić information content (AvgIpc) is 2.75. The average molecular weight is 290 g/mol. The predicted octanol–water partition coefficient (Wildman–Crippen LogP) is 3.49. The van der Waals surface area contributed by atoms with E-state index >= 15 is 0 Å². The number of amides is 1. The molecule has 1 aliphatic carbocycles. The number of hydrogen-bond acceptors (Lipinski definition) is 1. The molecule has 1 aliphatic rings. The van der Waals surface area contributed by atoms with Gasteiger partial charge in [-0.3, -0.25) is 4.79 Å². The molecule has 1 unspecified atom stereocenters. The molecule has 0 heterocycles. The number of carbonyl (C=O) groups excluding carboxylic acids is 1. The van der Waals surface area contributed by atoms with Gasteiger partial charge in [0, 0.05) is 18.3 Å². The third-order valence-corrected chi connectivity index (χ3v) is 5.03. The van der Waals surface area contributed by atoms with Gasteiger partial charge < -0.3 is 5.32 Å². The zero-order valence-corrected chi connectivity index (χ0v) is 12.1. The topological polar surface area (TPSA) is 29.1 Å². The molecule has 3 heteroatoms. The van der Waals surface area contributed by atoms with Gasteiger partial charge in [-0.05, 0) is 24.2 Å². The molecule has 0 spiro atoms. The maximum absolute atomic E-state index is 11.7. The van der Waals surface area contributed by atoms with E-state index in [4.69, 9.17) is 0 Å². The lowest BCUT2D eigenvalue weighted by Gasteiger charge is -2.27. The lowest BCUT2D eigenvalue weighted by atomic mass is 9.88. The number of alkyl halides is 1. The molecule has 0 saturated heterocycles. The maximum Gasteiger partial charge on any atom is 0.220 e. The highest BCUT2D eigenvalue weighted by molar-refractivity contribution is 9.09. The Labute approximate surface area is 108 Å². The van der Waals surface area contributed by atoms with Gasteiger partial charge in [0.25, 0.3) is 0 Å². The summed E-state index contributed by atoms with van der Waals surface area (Å²) < 4.78 is 0. The first-order valence-electron chi connectivity index (χ1n) is 6.44. The number of rotatable bonds is 6. The molecule has 1 amide bonds. The summed E-state index contributed by atoms with van der Waals surface area (Å²) in [6.07, 6.45) is 6.88. The number of hydrogen-bond donors (Lipinski definition) is 1. The molecule has 0 bridgehead atoms. The van der Waals surface area contributed by atoms with E-state index in [2.05, 4.69) is 35.1 Å². The van der Waals surface area contributed by atoms with Crippen molar-refractivity contribution in [3.63, 3.8) is 0 Å². The fraction of sp³-hybridized carbons (Fsp3) is 0.923. The first-order valence-corrected chi connectivity index (χ1v) is 7.57. The van der Waals surface area contributed by atoms with E-state index in [-0.39, 0.29) is 5.91 Å². The summed E-state index contributed by atoms with van der Waals surface area (Å²) >= 11 is 3.60. The second-order valence-electron chi connectivity index (χ2n) is 5.34. The van der Waals surface area contributed by atoms with Crippen molar-refractivity contribution in [2.24, 2.45) is 11.3 Å². The molecular weight excluding hydrogens is 266 g/mol. The van der Waals surface area contributed by atoms with E-state index < -0.39 is 0 Å². The molecule has 0 aromatic rings. The van der Waals surface area contributed by atoms with Crippen LogP contribution in [0, 0.1) is 11.3 Å². The smallest absolute Gasteiger partial charge is 0.220 e. The van der Waals surface area contributed by atoms with E-state index in [0.29, 0.717) is 17.8 Å². The Bertz CT molecular complexity index is 224. The van der Waals surface area contributed by atoms with Crippen molar-refractivity contribution in [3.8, 4) is 0 Å². The molecule has 1 N–H and O–H groups in total. The largest absolute Gasteiger partial charge is 0.356 e. The summed E-state index contributed by atoms with van der Waals surface area (Å²) in [5.41, 5.74) is 0.338. The number of carbonyl (C=O) groups is 1. The number of halogens is 1. The minimum absolute atomic E-state index is 0.224. The Hall–Kier alpha value is -0.0500. The monoisotopic (exact) mass is 289 g/mol.